The SMILES string of the molecule is O=C1C2C3C=CC(O3)C2C(=O)N1CN1C(=O)C2C3C=CC(O3)C2C1=O. The van der Waals surface area contributed by atoms with Gasteiger partial charge in [-0.25, -0.2) is 0 Å². The van der Waals surface area contributed by atoms with Gasteiger partial charge in [-0.05, 0) is 0 Å². The van der Waals surface area contributed by atoms with Crippen molar-refractivity contribution in [2.24, 2.45) is 23.7 Å². The Morgan fingerprint density at radius 2 is 0.880 bits per heavy atom. The third kappa shape index (κ3) is 1.47. The fourth-order valence-corrected chi connectivity index (χ4v) is 5.15. The summed E-state index contributed by atoms with van der Waals surface area (Å²) in [6.07, 6.45) is 5.69. The molecule has 6 rings (SSSR count). The van der Waals surface area contributed by atoms with Crippen LogP contribution in [-0.2, 0) is 28.7 Å². The van der Waals surface area contributed by atoms with Crippen LogP contribution in [0.1, 0.15) is 0 Å². The molecule has 4 amide bonds. The molecule has 0 spiro atoms. The summed E-state index contributed by atoms with van der Waals surface area (Å²) in [5.74, 6) is -3.56. The zero-order valence-corrected chi connectivity index (χ0v) is 13.0. The monoisotopic (exact) mass is 342 g/mol. The number of carbonyl (C=O) groups excluding carboxylic acids is 4. The van der Waals surface area contributed by atoms with Crippen molar-refractivity contribution in [2.75, 3.05) is 6.67 Å². The van der Waals surface area contributed by atoms with Crippen molar-refractivity contribution in [2.45, 2.75) is 24.4 Å². The Kier molecular flexibility index (Phi) is 2.37. The van der Waals surface area contributed by atoms with Crippen LogP contribution in [-0.4, -0.2) is 64.5 Å². The molecule has 25 heavy (non-hydrogen) atoms. The van der Waals surface area contributed by atoms with Gasteiger partial charge in [0.15, 0.2) is 0 Å². The number of hydrogen-bond donors (Lipinski definition) is 0. The van der Waals surface area contributed by atoms with E-state index in [-0.39, 0.29) is 54.7 Å². The number of amides is 4. The van der Waals surface area contributed by atoms with Crippen LogP contribution >= 0.6 is 0 Å². The molecule has 0 aliphatic carbocycles. The first-order valence-corrected chi connectivity index (χ1v) is 8.44. The van der Waals surface area contributed by atoms with Crippen molar-refractivity contribution in [3.05, 3.63) is 24.3 Å². The zero-order valence-electron chi connectivity index (χ0n) is 13.0. The number of imide groups is 2. The second-order valence-corrected chi connectivity index (χ2v) is 7.35. The summed E-state index contributed by atoms with van der Waals surface area (Å²) < 4.78 is 11.2. The van der Waals surface area contributed by atoms with Gasteiger partial charge >= 0.3 is 0 Å². The molecular weight excluding hydrogens is 328 g/mol. The summed E-state index contributed by atoms with van der Waals surface area (Å²) in [7, 11) is 0. The smallest absolute Gasteiger partial charge is 0.237 e. The standard InChI is InChI=1S/C17H14N2O6/c20-14-10-6-1-2-7(24-6)11(10)15(21)18(14)5-19-16(22)12-8-3-4-9(25-8)13(12)17(19)23/h1-4,6-13H,5H2. The highest BCUT2D eigenvalue weighted by atomic mass is 16.5. The molecule has 6 aliphatic rings. The van der Waals surface area contributed by atoms with Crippen LogP contribution in [0.15, 0.2) is 24.3 Å². The Morgan fingerprint density at radius 3 is 1.16 bits per heavy atom. The van der Waals surface area contributed by atoms with Crippen molar-refractivity contribution < 1.29 is 28.7 Å². The third-order valence-corrected chi connectivity index (χ3v) is 6.29. The molecule has 0 saturated carbocycles. The molecule has 6 aliphatic heterocycles. The number of carbonyl (C=O) groups is 4. The summed E-state index contributed by atoms with van der Waals surface area (Å²) in [5.41, 5.74) is 0. The summed E-state index contributed by atoms with van der Waals surface area (Å²) in [4.78, 5) is 52.8. The van der Waals surface area contributed by atoms with E-state index < -0.39 is 23.7 Å². The van der Waals surface area contributed by atoms with E-state index in [0.717, 1.165) is 9.80 Å². The molecule has 0 N–H and O–H groups in total. The maximum atomic E-state index is 12.7. The lowest BCUT2D eigenvalue weighted by Gasteiger charge is -2.24. The number of nitrogens with zero attached hydrogens (tertiary/aromatic N) is 2. The predicted octanol–water partition coefficient (Wildman–Crippen LogP) is -1.18. The first-order chi connectivity index (χ1) is 12.1. The maximum Gasteiger partial charge on any atom is 0.237 e. The van der Waals surface area contributed by atoms with Gasteiger partial charge in [-0.3, -0.25) is 29.0 Å². The van der Waals surface area contributed by atoms with E-state index >= 15 is 0 Å². The molecule has 4 fully saturated rings. The normalized spacial score (nSPS) is 48.5. The molecule has 8 atom stereocenters. The molecule has 4 bridgehead atoms. The Morgan fingerprint density at radius 1 is 0.600 bits per heavy atom. The average Bonchev–Trinajstić information content (AvgIpc) is 3.40. The molecule has 6 heterocycles. The number of rotatable bonds is 2. The van der Waals surface area contributed by atoms with Crippen LogP contribution in [0.5, 0.6) is 0 Å². The molecule has 0 aromatic heterocycles. The Labute approximate surface area is 142 Å². The lowest BCUT2D eigenvalue weighted by Crippen LogP contribution is -2.46. The molecule has 8 nitrogen and oxygen atoms in total. The van der Waals surface area contributed by atoms with Crippen LogP contribution < -0.4 is 0 Å². The van der Waals surface area contributed by atoms with Gasteiger partial charge in [-0.2, -0.15) is 0 Å². The molecular formula is C17H14N2O6. The Balaban J connectivity index is 1.28. The highest BCUT2D eigenvalue weighted by molar-refractivity contribution is 6.10. The van der Waals surface area contributed by atoms with E-state index in [4.69, 9.17) is 9.47 Å². The van der Waals surface area contributed by atoms with Crippen molar-refractivity contribution in [3.8, 4) is 0 Å². The van der Waals surface area contributed by atoms with Crippen LogP contribution in [0.2, 0.25) is 0 Å². The number of ether oxygens (including phenoxy) is 2. The summed E-state index contributed by atoms with van der Waals surface area (Å²) >= 11 is 0. The Bertz CT molecular complexity index is 692. The second-order valence-electron chi connectivity index (χ2n) is 7.35. The topological polar surface area (TPSA) is 93.2 Å². The third-order valence-electron chi connectivity index (χ3n) is 6.29. The van der Waals surface area contributed by atoms with Gasteiger partial charge in [-0.15, -0.1) is 0 Å². The molecule has 0 radical (unpaired) electrons. The second kappa shape index (κ2) is 4.25. The fourth-order valence-electron chi connectivity index (χ4n) is 5.15. The summed E-state index contributed by atoms with van der Waals surface area (Å²) in [6.45, 7) is -0.297. The predicted molar refractivity (Wildman–Crippen MR) is 78.1 cm³/mol. The molecule has 8 heteroatoms. The summed E-state index contributed by atoms with van der Waals surface area (Å²) in [6, 6.07) is 0. The van der Waals surface area contributed by atoms with Crippen molar-refractivity contribution >= 4 is 23.6 Å². The minimum Gasteiger partial charge on any atom is -0.365 e. The highest BCUT2D eigenvalue weighted by Crippen LogP contribution is 2.47. The molecule has 8 unspecified atom stereocenters. The van der Waals surface area contributed by atoms with Gasteiger partial charge in [0.25, 0.3) is 0 Å². The van der Waals surface area contributed by atoms with E-state index in [1.165, 1.54) is 0 Å². The van der Waals surface area contributed by atoms with E-state index in [1.807, 2.05) is 0 Å². The first-order valence-electron chi connectivity index (χ1n) is 8.44. The maximum absolute atomic E-state index is 12.7. The van der Waals surface area contributed by atoms with Crippen LogP contribution in [0.4, 0.5) is 0 Å². The van der Waals surface area contributed by atoms with Crippen molar-refractivity contribution in [1.82, 2.24) is 9.80 Å². The van der Waals surface area contributed by atoms with Gasteiger partial charge in [-0.1, -0.05) is 24.3 Å². The largest absolute Gasteiger partial charge is 0.365 e. The molecule has 4 saturated heterocycles. The minimum absolute atomic E-state index is 0.297. The van der Waals surface area contributed by atoms with Gasteiger partial charge in [0.05, 0.1) is 48.1 Å². The van der Waals surface area contributed by atoms with E-state index in [2.05, 4.69) is 0 Å². The van der Waals surface area contributed by atoms with E-state index in [1.54, 1.807) is 24.3 Å². The van der Waals surface area contributed by atoms with Crippen LogP contribution in [0, 0.1) is 23.7 Å². The Hall–Kier alpha value is -2.32. The summed E-state index contributed by atoms with van der Waals surface area (Å²) in [5, 5.41) is 0. The zero-order chi connectivity index (χ0) is 17.0. The highest BCUT2D eigenvalue weighted by Gasteiger charge is 2.64. The molecule has 128 valence electrons. The van der Waals surface area contributed by atoms with E-state index in [0.29, 0.717) is 0 Å². The molecule has 0 aromatic carbocycles. The lowest BCUT2D eigenvalue weighted by molar-refractivity contribution is -0.151. The fraction of sp³-hybridized carbons (Fsp3) is 0.529. The molecule has 0 aromatic rings. The van der Waals surface area contributed by atoms with Gasteiger partial charge in [0.1, 0.15) is 6.67 Å². The van der Waals surface area contributed by atoms with Gasteiger partial charge in [0.2, 0.25) is 23.6 Å². The average molecular weight is 342 g/mol. The number of likely N-dealkylation sites (tertiary alicyclic amines) is 2. The van der Waals surface area contributed by atoms with Crippen LogP contribution in [0.3, 0.4) is 0 Å². The number of hydrogen-bond acceptors (Lipinski definition) is 6. The van der Waals surface area contributed by atoms with Crippen LogP contribution in [0.25, 0.3) is 0 Å². The number of fused-ring (bicyclic) bond motifs is 10. The minimum atomic E-state index is -0.531. The van der Waals surface area contributed by atoms with Gasteiger partial charge in [0, 0.05) is 0 Å². The van der Waals surface area contributed by atoms with Crippen molar-refractivity contribution in [3.63, 3.8) is 0 Å². The van der Waals surface area contributed by atoms with Gasteiger partial charge < -0.3 is 9.47 Å². The van der Waals surface area contributed by atoms with Crippen molar-refractivity contribution in [1.29, 1.82) is 0 Å². The first kappa shape index (κ1) is 13.9. The van der Waals surface area contributed by atoms with E-state index in [9.17, 15) is 19.2 Å². The quantitative estimate of drug-likeness (QED) is 0.463. The lowest BCUT2D eigenvalue weighted by atomic mass is 9.85.